The fourth-order valence-corrected chi connectivity index (χ4v) is 1.14. The Balaban J connectivity index is 2.62. The average Bonchev–Trinajstić information content (AvgIpc) is 2.69. The molecule has 0 radical (unpaired) electrons. The zero-order valence-corrected chi connectivity index (χ0v) is 9.90. The number of carbonyl (C=O) groups excluding carboxylic acids is 1. The van der Waals surface area contributed by atoms with Crippen LogP contribution in [-0.4, -0.2) is 22.1 Å². The predicted octanol–water partition coefficient (Wildman–Crippen LogP) is 1.02. The molecule has 0 atom stereocenters. The number of aliphatic carboxylic acids is 1. The van der Waals surface area contributed by atoms with Crippen molar-refractivity contribution >= 4 is 11.9 Å². The second-order valence-electron chi connectivity index (χ2n) is 3.67. The van der Waals surface area contributed by atoms with Gasteiger partial charge in [0.25, 0.3) is 0 Å². The molecule has 1 aromatic rings. The van der Waals surface area contributed by atoms with E-state index in [9.17, 15) is 9.59 Å². The zero-order chi connectivity index (χ0) is 13.0. The van der Waals surface area contributed by atoms with Gasteiger partial charge < -0.3 is 14.9 Å². The topological polar surface area (TPSA) is 92.4 Å². The van der Waals surface area contributed by atoms with Gasteiger partial charge in [0.1, 0.15) is 11.5 Å². The van der Waals surface area contributed by atoms with Crippen molar-refractivity contribution in [2.24, 2.45) is 0 Å². The number of aromatic nitrogens is 1. The number of carbonyl (C=O) groups is 2. The van der Waals surface area contributed by atoms with Crippen molar-refractivity contribution in [2.75, 3.05) is 0 Å². The summed E-state index contributed by atoms with van der Waals surface area (Å²) in [5.74, 6) is -0.872. The highest BCUT2D eigenvalue weighted by Crippen LogP contribution is 2.05. The quantitative estimate of drug-likeness (QED) is 0.764. The molecule has 17 heavy (non-hydrogen) atoms. The van der Waals surface area contributed by atoms with Gasteiger partial charge >= 0.3 is 5.97 Å². The SMILES string of the molecule is C/C(C(=O)O)=C(\C)C(=O)NCc1cc(C)on1. The molecular weight excluding hydrogens is 224 g/mol. The second-order valence-corrected chi connectivity index (χ2v) is 3.67. The van der Waals surface area contributed by atoms with E-state index in [1.54, 1.807) is 13.0 Å². The van der Waals surface area contributed by atoms with Crippen LogP contribution >= 0.6 is 0 Å². The average molecular weight is 238 g/mol. The van der Waals surface area contributed by atoms with E-state index >= 15 is 0 Å². The molecular formula is C11H14N2O4. The van der Waals surface area contributed by atoms with Crippen LogP contribution in [0.2, 0.25) is 0 Å². The van der Waals surface area contributed by atoms with Crippen LogP contribution < -0.4 is 5.32 Å². The standard InChI is InChI=1S/C11H14N2O4/c1-6-4-9(13-17-6)5-12-10(14)7(2)8(3)11(15)16/h4H,5H2,1-3H3,(H,12,14)(H,15,16)/b8-7-. The molecule has 1 aromatic heterocycles. The number of amides is 1. The Kier molecular flexibility index (Phi) is 4.03. The molecule has 0 aliphatic heterocycles. The van der Waals surface area contributed by atoms with E-state index < -0.39 is 11.9 Å². The maximum Gasteiger partial charge on any atom is 0.331 e. The minimum atomic E-state index is -1.10. The molecule has 0 aromatic carbocycles. The largest absolute Gasteiger partial charge is 0.478 e. The number of aryl methyl sites for hydroxylation is 1. The first kappa shape index (κ1) is 13.0. The lowest BCUT2D eigenvalue weighted by Gasteiger charge is -2.04. The fraction of sp³-hybridized carbons (Fsp3) is 0.364. The van der Waals surface area contributed by atoms with Gasteiger partial charge in [-0.05, 0) is 20.8 Å². The molecule has 6 nitrogen and oxygen atoms in total. The molecule has 1 rings (SSSR count). The number of nitrogens with one attached hydrogen (secondary N) is 1. The maximum absolute atomic E-state index is 11.6. The molecule has 1 amide bonds. The van der Waals surface area contributed by atoms with Crippen LogP contribution in [-0.2, 0) is 16.1 Å². The van der Waals surface area contributed by atoms with Gasteiger partial charge in [0.2, 0.25) is 5.91 Å². The molecule has 0 saturated carbocycles. The summed E-state index contributed by atoms with van der Waals surface area (Å²) in [5, 5.41) is 15.0. The van der Waals surface area contributed by atoms with Crippen LogP contribution in [0.1, 0.15) is 25.3 Å². The first-order chi connectivity index (χ1) is 7.91. The van der Waals surface area contributed by atoms with E-state index in [0.29, 0.717) is 11.5 Å². The monoisotopic (exact) mass is 238 g/mol. The van der Waals surface area contributed by atoms with Gasteiger partial charge in [0, 0.05) is 17.2 Å². The Hall–Kier alpha value is -2.11. The molecule has 0 aliphatic rings. The molecule has 1 heterocycles. The van der Waals surface area contributed by atoms with Gasteiger partial charge in [-0.3, -0.25) is 4.79 Å². The zero-order valence-electron chi connectivity index (χ0n) is 9.90. The van der Waals surface area contributed by atoms with E-state index in [2.05, 4.69) is 10.5 Å². The van der Waals surface area contributed by atoms with Crippen LogP contribution in [0, 0.1) is 6.92 Å². The number of hydrogen-bond donors (Lipinski definition) is 2. The lowest BCUT2D eigenvalue weighted by Crippen LogP contribution is -2.25. The lowest BCUT2D eigenvalue weighted by atomic mass is 10.1. The van der Waals surface area contributed by atoms with Gasteiger partial charge in [-0.15, -0.1) is 0 Å². The highest BCUT2D eigenvalue weighted by molar-refractivity contribution is 6.01. The normalized spacial score (nSPS) is 11.9. The summed E-state index contributed by atoms with van der Waals surface area (Å²) in [7, 11) is 0. The van der Waals surface area contributed by atoms with Crippen molar-refractivity contribution < 1.29 is 19.2 Å². The van der Waals surface area contributed by atoms with E-state index in [0.717, 1.165) is 0 Å². The predicted molar refractivity (Wildman–Crippen MR) is 59.1 cm³/mol. The van der Waals surface area contributed by atoms with Crippen molar-refractivity contribution in [3.63, 3.8) is 0 Å². The van der Waals surface area contributed by atoms with Gasteiger partial charge in [0.15, 0.2) is 0 Å². The van der Waals surface area contributed by atoms with Crippen molar-refractivity contribution in [1.82, 2.24) is 10.5 Å². The Morgan fingerprint density at radius 3 is 2.53 bits per heavy atom. The maximum atomic E-state index is 11.6. The number of carboxylic acids is 1. The fourth-order valence-electron chi connectivity index (χ4n) is 1.14. The van der Waals surface area contributed by atoms with Gasteiger partial charge in [0.05, 0.1) is 6.54 Å². The Bertz CT molecular complexity index is 474. The second kappa shape index (κ2) is 5.29. The summed E-state index contributed by atoms with van der Waals surface area (Å²) in [6, 6.07) is 1.70. The Labute approximate surface area is 98.3 Å². The minimum Gasteiger partial charge on any atom is -0.478 e. The summed E-state index contributed by atoms with van der Waals surface area (Å²) >= 11 is 0. The summed E-state index contributed by atoms with van der Waals surface area (Å²) in [5.41, 5.74) is 0.799. The molecule has 2 N–H and O–H groups in total. The molecule has 0 fully saturated rings. The minimum absolute atomic E-state index is 0.0267. The molecule has 0 aliphatic carbocycles. The van der Waals surface area contributed by atoms with Crippen molar-refractivity contribution in [3.8, 4) is 0 Å². The summed E-state index contributed by atoms with van der Waals surface area (Å²) in [6.45, 7) is 4.81. The van der Waals surface area contributed by atoms with Crippen LogP contribution in [0.25, 0.3) is 0 Å². The highest BCUT2D eigenvalue weighted by Gasteiger charge is 2.12. The third-order valence-electron chi connectivity index (χ3n) is 2.33. The molecule has 0 bridgehead atoms. The molecule has 0 spiro atoms. The van der Waals surface area contributed by atoms with E-state index in [4.69, 9.17) is 9.63 Å². The van der Waals surface area contributed by atoms with Crippen molar-refractivity contribution in [1.29, 1.82) is 0 Å². The van der Waals surface area contributed by atoms with Gasteiger partial charge in [-0.1, -0.05) is 5.16 Å². The lowest BCUT2D eigenvalue weighted by molar-refractivity contribution is -0.133. The van der Waals surface area contributed by atoms with Crippen LogP contribution in [0.15, 0.2) is 21.7 Å². The van der Waals surface area contributed by atoms with Crippen LogP contribution in [0.3, 0.4) is 0 Å². The van der Waals surface area contributed by atoms with Gasteiger partial charge in [-0.25, -0.2) is 4.79 Å². The van der Waals surface area contributed by atoms with Gasteiger partial charge in [-0.2, -0.15) is 0 Å². The van der Waals surface area contributed by atoms with E-state index in [-0.39, 0.29) is 17.7 Å². The third kappa shape index (κ3) is 3.44. The summed E-state index contributed by atoms with van der Waals surface area (Å²) in [4.78, 5) is 22.2. The van der Waals surface area contributed by atoms with E-state index in [1.165, 1.54) is 13.8 Å². The number of rotatable bonds is 4. The summed E-state index contributed by atoms with van der Waals surface area (Å²) in [6.07, 6.45) is 0. The molecule has 0 saturated heterocycles. The molecule has 92 valence electrons. The number of carboxylic acid groups (broad SMARTS) is 1. The Morgan fingerprint density at radius 2 is 2.06 bits per heavy atom. The van der Waals surface area contributed by atoms with Crippen molar-refractivity contribution in [2.45, 2.75) is 27.3 Å². The number of hydrogen-bond acceptors (Lipinski definition) is 4. The summed E-state index contributed by atoms with van der Waals surface area (Å²) < 4.78 is 4.84. The van der Waals surface area contributed by atoms with Crippen LogP contribution in [0.5, 0.6) is 0 Å². The van der Waals surface area contributed by atoms with Crippen LogP contribution in [0.4, 0.5) is 0 Å². The Morgan fingerprint density at radius 1 is 1.41 bits per heavy atom. The third-order valence-corrected chi connectivity index (χ3v) is 2.33. The molecule has 6 heteroatoms. The first-order valence-electron chi connectivity index (χ1n) is 5.03. The first-order valence-corrected chi connectivity index (χ1v) is 5.03. The van der Waals surface area contributed by atoms with Crippen molar-refractivity contribution in [3.05, 3.63) is 28.7 Å². The number of nitrogens with zero attached hydrogens (tertiary/aromatic N) is 1. The molecule has 0 unspecified atom stereocenters. The smallest absolute Gasteiger partial charge is 0.331 e. The highest BCUT2D eigenvalue weighted by atomic mass is 16.5. The van der Waals surface area contributed by atoms with E-state index in [1.807, 2.05) is 0 Å².